The predicted octanol–water partition coefficient (Wildman–Crippen LogP) is 2.26. The maximum atomic E-state index is 12.3. The summed E-state index contributed by atoms with van der Waals surface area (Å²) in [5, 5.41) is 0. The van der Waals surface area contributed by atoms with E-state index in [4.69, 9.17) is 10.7 Å². The van der Waals surface area contributed by atoms with Gasteiger partial charge in [0.2, 0.25) is 0 Å². The van der Waals surface area contributed by atoms with Crippen LogP contribution in [0.3, 0.4) is 0 Å². The fraction of sp³-hybridized carbons (Fsp3) is 0.286. The lowest BCUT2D eigenvalue weighted by molar-refractivity contribution is 0.150. The lowest BCUT2D eigenvalue weighted by Gasteiger charge is -2.04. The SMILES string of the molecule is Cc1ncc(S(=O)(=O)Cl)cc1C(F)F. The van der Waals surface area contributed by atoms with Crippen LogP contribution in [0.2, 0.25) is 0 Å². The lowest BCUT2D eigenvalue weighted by Crippen LogP contribution is -1.98. The summed E-state index contributed by atoms with van der Waals surface area (Å²) in [5.41, 5.74) is -0.337. The smallest absolute Gasteiger partial charge is 0.260 e. The molecule has 0 atom stereocenters. The zero-order valence-electron chi connectivity index (χ0n) is 7.04. The number of halogens is 3. The number of rotatable bonds is 2. The molecule has 1 aromatic rings. The van der Waals surface area contributed by atoms with Crippen LogP contribution in [-0.2, 0) is 9.05 Å². The van der Waals surface area contributed by atoms with E-state index in [9.17, 15) is 17.2 Å². The Hall–Kier alpha value is -0.750. The van der Waals surface area contributed by atoms with Crippen LogP contribution < -0.4 is 0 Å². The second-order valence-corrected chi connectivity index (χ2v) is 5.15. The van der Waals surface area contributed by atoms with Gasteiger partial charge in [-0.3, -0.25) is 4.98 Å². The summed E-state index contributed by atoms with van der Waals surface area (Å²) in [6.07, 6.45) is -1.82. The third kappa shape index (κ3) is 2.39. The normalized spacial score (nSPS) is 12.1. The molecule has 0 saturated heterocycles. The van der Waals surface area contributed by atoms with Gasteiger partial charge < -0.3 is 0 Å². The van der Waals surface area contributed by atoms with Gasteiger partial charge in [-0.2, -0.15) is 0 Å². The van der Waals surface area contributed by atoms with Crippen LogP contribution in [-0.4, -0.2) is 13.4 Å². The Labute approximate surface area is 84.1 Å². The summed E-state index contributed by atoms with van der Waals surface area (Å²) in [7, 11) is 0.976. The Morgan fingerprint density at radius 3 is 2.50 bits per heavy atom. The van der Waals surface area contributed by atoms with E-state index in [1.54, 1.807) is 0 Å². The summed E-state index contributed by atoms with van der Waals surface area (Å²) in [4.78, 5) is 3.11. The van der Waals surface area contributed by atoms with Gasteiger partial charge in [-0.1, -0.05) is 0 Å². The Kier molecular flexibility index (Phi) is 3.06. The predicted molar refractivity (Wildman–Crippen MR) is 47.0 cm³/mol. The maximum absolute atomic E-state index is 12.3. The minimum Gasteiger partial charge on any atom is -0.260 e. The van der Waals surface area contributed by atoms with Crippen LogP contribution >= 0.6 is 10.7 Å². The number of hydrogen-bond donors (Lipinski definition) is 0. The molecule has 0 saturated carbocycles. The largest absolute Gasteiger partial charge is 0.265 e. The highest BCUT2D eigenvalue weighted by Gasteiger charge is 2.17. The molecule has 1 aromatic heterocycles. The summed E-state index contributed by atoms with van der Waals surface area (Å²) in [6, 6.07) is 0.829. The molecule has 0 aliphatic carbocycles. The van der Waals surface area contributed by atoms with E-state index in [2.05, 4.69) is 4.98 Å². The Bertz CT molecular complexity index is 447. The van der Waals surface area contributed by atoms with Crippen molar-refractivity contribution in [2.45, 2.75) is 18.2 Å². The zero-order valence-corrected chi connectivity index (χ0v) is 8.61. The minimum absolute atomic E-state index is 0.0871. The molecule has 1 heterocycles. The monoisotopic (exact) mass is 241 g/mol. The summed E-state index contributed by atoms with van der Waals surface area (Å²) in [6.45, 7) is 1.37. The van der Waals surface area contributed by atoms with E-state index in [0.717, 1.165) is 12.3 Å². The van der Waals surface area contributed by atoms with Crippen LogP contribution in [0.5, 0.6) is 0 Å². The van der Waals surface area contributed by atoms with Gasteiger partial charge in [0, 0.05) is 28.1 Å². The van der Waals surface area contributed by atoms with E-state index < -0.39 is 25.9 Å². The van der Waals surface area contributed by atoms with Crippen LogP contribution in [0, 0.1) is 6.92 Å². The molecule has 0 radical (unpaired) electrons. The van der Waals surface area contributed by atoms with E-state index >= 15 is 0 Å². The molecular formula is C7H6ClF2NO2S. The average Bonchev–Trinajstić information content (AvgIpc) is 2.02. The Morgan fingerprint density at radius 2 is 2.07 bits per heavy atom. The fourth-order valence-electron chi connectivity index (χ4n) is 0.884. The zero-order chi connectivity index (χ0) is 10.9. The van der Waals surface area contributed by atoms with Crippen molar-refractivity contribution in [2.75, 3.05) is 0 Å². The van der Waals surface area contributed by atoms with E-state index in [1.165, 1.54) is 6.92 Å². The third-order valence-corrected chi connectivity index (χ3v) is 2.94. The molecule has 0 unspecified atom stereocenters. The molecule has 14 heavy (non-hydrogen) atoms. The molecule has 0 N–H and O–H groups in total. The molecule has 0 aliphatic rings. The van der Waals surface area contributed by atoms with Gasteiger partial charge in [-0.05, 0) is 13.0 Å². The molecule has 1 rings (SSSR count). The maximum Gasteiger partial charge on any atom is 0.265 e. The second-order valence-electron chi connectivity index (χ2n) is 2.58. The topological polar surface area (TPSA) is 47.0 Å². The highest BCUT2D eigenvalue weighted by Crippen LogP contribution is 2.24. The first-order chi connectivity index (χ1) is 6.32. The van der Waals surface area contributed by atoms with Gasteiger partial charge in [0.15, 0.2) is 0 Å². The number of aromatic nitrogens is 1. The first kappa shape index (κ1) is 11.3. The van der Waals surface area contributed by atoms with Gasteiger partial charge in [0.05, 0.1) is 0 Å². The quantitative estimate of drug-likeness (QED) is 0.746. The first-order valence-electron chi connectivity index (χ1n) is 3.51. The van der Waals surface area contributed by atoms with Gasteiger partial charge in [0.1, 0.15) is 4.90 Å². The van der Waals surface area contributed by atoms with Crippen molar-refractivity contribution in [1.29, 1.82) is 0 Å². The number of alkyl halides is 2. The molecule has 0 aliphatic heterocycles. The molecule has 78 valence electrons. The third-order valence-electron chi connectivity index (χ3n) is 1.62. The van der Waals surface area contributed by atoms with Crippen molar-refractivity contribution >= 4 is 19.7 Å². The summed E-state index contributed by atoms with van der Waals surface area (Å²) >= 11 is 0. The minimum atomic E-state index is -4.00. The molecule has 7 heteroatoms. The molecule has 0 spiro atoms. The van der Waals surface area contributed by atoms with Gasteiger partial charge in [0.25, 0.3) is 15.5 Å². The van der Waals surface area contributed by atoms with Crippen molar-refractivity contribution in [3.63, 3.8) is 0 Å². The molecule has 0 amide bonds. The lowest BCUT2D eigenvalue weighted by atomic mass is 10.2. The molecule has 0 bridgehead atoms. The van der Waals surface area contributed by atoms with Crippen molar-refractivity contribution in [3.8, 4) is 0 Å². The molecule has 0 aromatic carbocycles. The number of pyridine rings is 1. The average molecular weight is 242 g/mol. The number of hydrogen-bond acceptors (Lipinski definition) is 3. The summed E-state index contributed by atoms with van der Waals surface area (Å²) < 4.78 is 46.2. The van der Waals surface area contributed by atoms with Crippen molar-refractivity contribution in [1.82, 2.24) is 4.98 Å². The van der Waals surface area contributed by atoms with Crippen molar-refractivity contribution < 1.29 is 17.2 Å². The Morgan fingerprint density at radius 1 is 1.50 bits per heavy atom. The van der Waals surface area contributed by atoms with E-state index in [0.29, 0.717) is 0 Å². The highest BCUT2D eigenvalue weighted by molar-refractivity contribution is 8.13. The Balaban J connectivity index is 3.34. The van der Waals surface area contributed by atoms with Crippen molar-refractivity contribution in [2.24, 2.45) is 0 Å². The molecular weight excluding hydrogens is 236 g/mol. The van der Waals surface area contributed by atoms with Crippen LogP contribution in [0.1, 0.15) is 17.7 Å². The van der Waals surface area contributed by atoms with Crippen LogP contribution in [0.4, 0.5) is 8.78 Å². The van der Waals surface area contributed by atoms with Crippen LogP contribution in [0.25, 0.3) is 0 Å². The first-order valence-corrected chi connectivity index (χ1v) is 5.82. The second kappa shape index (κ2) is 3.78. The highest BCUT2D eigenvalue weighted by atomic mass is 35.7. The number of aryl methyl sites for hydroxylation is 1. The van der Waals surface area contributed by atoms with Crippen LogP contribution in [0.15, 0.2) is 17.2 Å². The van der Waals surface area contributed by atoms with Crippen molar-refractivity contribution in [3.05, 3.63) is 23.5 Å². The van der Waals surface area contributed by atoms with Gasteiger partial charge in [-0.25, -0.2) is 17.2 Å². The molecule has 0 fully saturated rings. The van der Waals surface area contributed by atoms with Gasteiger partial charge >= 0.3 is 0 Å². The fourth-order valence-corrected chi connectivity index (χ4v) is 1.58. The van der Waals surface area contributed by atoms with Gasteiger partial charge in [-0.15, -0.1) is 0 Å². The molecule has 3 nitrogen and oxygen atoms in total. The summed E-state index contributed by atoms with van der Waals surface area (Å²) in [5.74, 6) is 0. The standard InChI is InChI=1S/C7H6ClF2NO2S/c1-4-6(7(9)10)2-5(3-11-4)14(8,12)13/h2-3,7H,1H3. The number of nitrogens with zero attached hydrogens (tertiary/aromatic N) is 1. The van der Waals surface area contributed by atoms with E-state index in [-0.39, 0.29) is 5.69 Å². The van der Waals surface area contributed by atoms with E-state index in [1.807, 2.05) is 0 Å².